The number of nitrogens with two attached hydrogens (primary N) is 1. The fourth-order valence-electron chi connectivity index (χ4n) is 2.26. The maximum absolute atomic E-state index is 5.94. The van der Waals surface area contributed by atoms with Crippen LogP contribution in [0.15, 0.2) is 16.5 Å². The van der Waals surface area contributed by atoms with Crippen LogP contribution in [0.3, 0.4) is 0 Å². The highest BCUT2D eigenvalue weighted by Gasteiger charge is 2.26. The Morgan fingerprint density at radius 1 is 1.32 bits per heavy atom. The molecule has 0 aliphatic heterocycles. The van der Waals surface area contributed by atoms with Gasteiger partial charge in [0.25, 0.3) is 0 Å². The molecule has 1 aromatic heterocycles. The third-order valence-electron chi connectivity index (χ3n) is 3.24. The highest BCUT2D eigenvalue weighted by molar-refractivity contribution is 5.10. The van der Waals surface area contributed by atoms with Crippen LogP contribution in [-0.2, 0) is 9.47 Å². The minimum Gasteiger partial charge on any atom is -0.465 e. The molecule has 5 heteroatoms. The van der Waals surface area contributed by atoms with Gasteiger partial charge in [-0.3, -0.25) is 4.90 Å². The van der Waals surface area contributed by atoms with Crippen LogP contribution in [0, 0.1) is 6.92 Å². The van der Waals surface area contributed by atoms with Crippen LogP contribution in [0.2, 0.25) is 0 Å². The quantitative estimate of drug-likeness (QED) is 0.738. The predicted molar refractivity (Wildman–Crippen MR) is 75.2 cm³/mol. The van der Waals surface area contributed by atoms with Crippen molar-refractivity contribution < 1.29 is 13.9 Å². The molecule has 0 aliphatic carbocycles. The summed E-state index contributed by atoms with van der Waals surface area (Å²) in [4.78, 5) is 2.27. The second-order valence-electron chi connectivity index (χ2n) is 4.73. The van der Waals surface area contributed by atoms with Crippen LogP contribution >= 0.6 is 0 Å². The highest BCUT2D eigenvalue weighted by atomic mass is 16.5. The van der Waals surface area contributed by atoms with Crippen molar-refractivity contribution in [3.8, 4) is 0 Å². The van der Waals surface area contributed by atoms with Gasteiger partial charge in [0, 0.05) is 33.4 Å². The number of ether oxygens (including phenoxy) is 2. The minimum atomic E-state index is 0.0500. The molecule has 0 saturated heterocycles. The van der Waals surface area contributed by atoms with Gasteiger partial charge in [0.15, 0.2) is 0 Å². The van der Waals surface area contributed by atoms with Crippen molar-refractivity contribution in [1.82, 2.24) is 4.90 Å². The van der Waals surface area contributed by atoms with Crippen LogP contribution in [-0.4, -0.2) is 51.5 Å². The maximum atomic E-state index is 5.94. The Balaban J connectivity index is 2.85. The molecule has 0 amide bonds. The van der Waals surface area contributed by atoms with Crippen LogP contribution < -0.4 is 5.73 Å². The third kappa shape index (κ3) is 4.62. The average molecular weight is 270 g/mol. The summed E-state index contributed by atoms with van der Waals surface area (Å²) in [6.07, 6.45) is 0. The van der Waals surface area contributed by atoms with E-state index >= 15 is 0 Å². The number of rotatable bonds is 9. The van der Waals surface area contributed by atoms with E-state index in [0.29, 0.717) is 19.8 Å². The first-order valence-corrected chi connectivity index (χ1v) is 6.64. The Morgan fingerprint density at radius 2 is 2.05 bits per heavy atom. The third-order valence-corrected chi connectivity index (χ3v) is 3.24. The Kier molecular flexibility index (Phi) is 7.09. The molecule has 0 aromatic carbocycles. The molecular weight excluding hydrogens is 244 g/mol. The van der Waals surface area contributed by atoms with E-state index in [1.54, 1.807) is 14.2 Å². The van der Waals surface area contributed by atoms with Crippen molar-refractivity contribution >= 4 is 0 Å². The Morgan fingerprint density at radius 3 is 2.53 bits per heavy atom. The monoisotopic (exact) mass is 270 g/mol. The molecule has 1 heterocycles. The fraction of sp³-hybridized carbons (Fsp3) is 0.714. The second kappa shape index (κ2) is 8.32. The van der Waals surface area contributed by atoms with Gasteiger partial charge in [-0.1, -0.05) is 0 Å². The molecular formula is C14H26N2O3. The lowest BCUT2D eigenvalue weighted by molar-refractivity contribution is 0.0423. The fourth-order valence-corrected chi connectivity index (χ4v) is 2.26. The van der Waals surface area contributed by atoms with E-state index in [-0.39, 0.29) is 12.1 Å². The first-order valence-electron chi connectivity index (χ1n) is 6.64. The van der Waals surface area contributed by atoms with Crippen molar-refractivity contribution in [1.29, 1.82) is 0 Å². The molecule has 2 atom stereocenters. The zero-order valence-corrected chi connectivity index (χ0v) is 12.4. The average Bonchev–Trinajstić information content (AvgIpc) is 2.81. The largest absolute Gasteiger partial charge is 0.465 e. The number of hydrogen-bond donors (Lipinski definition) is 1. The number of aryl methyl sites for hydroxylation is 1. The van der Waals surface area contributed by atoms with E-state index in [1.807, 2.05) is 19.1 Å². The summed E-state index contributed by atoms with van der Waals surface area (Å²) >= 11 is 0. The summed E-state index contributed by atoms with van der Waals surface area (Å²) in [6.45, 7) is 6.67. The Labute approximate surface area is 115 Å². The molecule has 0 bridgehead atoms. The molecule has 0 fully saturated rings. The van der Waals surface area contributed by atoms with Crippen molar-refractivity contribution in [2.45, 2.75) is 25.9 Å². The van der Waals surface area contributed by atoms with Crippen LogP contribution in [0.5, 0.6) is 0 Å². The highest BCUT2D eigenvalue weighted by Crippen LogP contribution is 2.24. The van der Waals surface area contributed by atoms with Crippen LogP contribution in [0.25, 0.3) is 0 Å². The maximum Gasteiger partial charge on any atom is 0.122 e. The molecule has 1 aromatic rings. The molecule has 19 heavy (non-hydrogen) atoms. The van der Waals surface area contributed by atoms with Gasteiger partial charge in [-0.15, -0.1) is 0 Å². The van der Waals surface area contributed by atoms with Crippen LogP contribution in [0.1, 0.15) is 24.5 Å². The SMILES string of the molecule is COCCN(C(C)COC)C(CN)c1ccc(C)o1. The van der Waals surface area contributed by atoms with E-state index in [1.165, 1.54) is 0 Å². The topological polar surface area (TPSA) is 60.9 Å². The Bertz CT molecular complexity index is 354. The molecule has 2 N–H and O–H groups in total. The molecule has 0 spiro atoms. The summed E-state index contributed by atoms with van der Waals surface area (Å²) in [6, 6.07) is 4.26. The Hall–Kier alpha value is -0.880. The molecule has 1 rings (SSSR count). The van der Waals surface area contributed by atoms with E-state index in [9.17, 15) is 0 Å². The smallest absolute Gasteiger partial charge is 0.122 e. The van der Waals surface area contributed by atoms with E-state index in [0.717, 1.165) is 18.1 Å². The lowest BCUT2D eigenvalue weighted by atomic mass is 10.1. The van der Waals surface area contributed by atoms with Gasteiger partial charge in [-0.05, 0) is 26.0 Å². The normalized spacial score (nSPS) is 14.8. The number of methoxy groups -OCH3 is 2. The zero-order chi connectivity index (χ0) is 14.3. The molecule has 0 saturated carbocycles. The lowest BCUT2D eigenvalue weighted by Gasteiger charge is -2.34. The number of furan rings is 1. The van der Waals surface area contributed by atoms with Gasteiger partial charge < -0.3 is 19.6 Å². The van der Waals surface area contributed by atoms with Gasteiger partial charge in [0.2, 0.25) is 0 Å². The zero-order valence-electron chi connectivity index (χ0n) is 12.4. The number of hydrogen-bond acceptors (Lipinski definition) is 5. The first-order chi connectivity index (χ1) is 9.13. The molecule has 110 valence electrons. The van der Waals surface area contributed by atoms with Gasteiger partial charge in [-0.25, -0.2) is 0 Å². The van der Waals surface area contributed by atoms with Crippen molar-refractivity contribution in [2.24, 2.45) is 5.73 Å². The molecule has 5 nitrogen and oxygen atoms in total. The summed E-state index contributed by atoms with van der Waals surface area (Å²) in [5, 5.41) is 0. The van der Waals surface area contributed by atoms with E-state index < -0.39 is 0 Å². The van der Waals surface area contributed by atoms with Crippen LogP contribution in [0.4, 0.5) is 0 Å². The van der Waals surface area contributed by atoms with Gasteiger partial charge >= 0.3 is 0 Å². The molecule has 2 unspecified atom stereocenters. The van der Waals surface area contributed by atoms with Gasteiger partial charge in [-0.2, -0.15) is 0 Å². The standard InChI is InChI=1S/C14H26N2O3/c1-11(10-18-4)16(7-8-17-3)13(9-15)14-6-5-12(2)19-14/h5-6,11,13H,7-10,15H2,1-4H3. The molecule has 0 radical (unpaired) electrons. The van der Waals surface area contributed by atoms with Gasteiger partial charge in [0.05, 0.1) is 19.3 Å². The minimum absolute atomic E-state index is 0.0500. The molecule has 0 aliphatic rings. The van der Waals surface area contributed by atoms with Crippen molar-refractivity contribution in [2.75, 3.05) is 40.5 Å². The van der Waals surface area contributed by atoms with E-state index in [4.69, 9.17) is 19.6 Å². The first kappa shape index (κ1) is 16.2. The van der Waals surface area contributed by atoms with Crippen molar-refractivity contribution in [3.63, 3.8) is 0 Å². The lowest BCUT2D eigenvalue weighted by Crippen LogP contribution is -2.43. The summed E-state index contributed by atoms with van der Waals surface area (Å²) in [5.74, 6) is 1.80. The van der Waals surface area contributed by atoms with Crippen molar-refractivity contribution in [3.05, 3.63) is 23.7 Å². The summed E-state index contributed by atoms with van der Waals surface area (Å²) in [7, 11) is 3.41. The predicted octanol–water partition coefficient (Wildman–Crippen LogP) is 1.57. The second-order valence-corrected chi connectivity index (χ2v) is 4.73. The number of nitrogens with zero attached hydrogens (tertiary/aromatic N) is 1. The van der Waals surface area contributed by atoms with E-state index in [2.05, 4.69) is 11.8 Å². The van der Waals surface area contributed by atoms with Gasteiger partial charge in [0.1, 0.15) is 11.5 Å². The summed E-state index contributed by atoms with van der Waals surface area (Å²) < 4.78 is 16.2. The summed E-state index contributed by atoms with van der Waals surface area (Å²) in [5.41, 5.74) is 5.94.